The summed E-state index contributed by atoms with van der Waals surface area (Å²) in [6.07, 6.45) is 13.1. The maximum atomic E-state index is 3.21. The molecule has 1 heterocycles. The number of aromatic nitrogens is 1. The Kier molecular flexibility index (Phi) is 2.12. The molecule has 0 amide bonds. The number of H-pyrrole nitrogens is 1. The van der Waals surface area contributed by atoms with Crippen molar-refractivity contribution < 1.29 is 0 Å². The Morgan fingerprint density at radius 2 is 2.08 bits per heavy atom. The third-order valence-electron chi connectivity index (χ3n) is 2.24. The van der Waals surface area contributed by atoms with Crippen LogP contribution in [0.4, 0.5) is 0 Å². The molecule has 0 aromatic carbocycles. The van der Waals surface area contributed by atoms with E-state index in [9.17, 15) is 0 Å². The van der Waals surface area contributed by atoms with Gasteiger partial charge in [-0.05, 0) is 30.9 Å². The molecule has 12 heavy (non-hydrogen) atoms. The van der Waals surface area contributed by atoms with Gasteiger partial charge in [0.05, 0.1) is 0 Å². The van der Waals surface area contributed by atoms with Crippen LogP contribution in [0.25, 0.3) is 0 Å². The van der Waals surface area contributed by atoms with E-state index in [4.69, 9.17) is 0 Å². The largest absolute Gasteiger partial charge is 0.365 e. The van der Waals surface area contributed by atoms with E-state index in [1.54, 1.807) is 0 Å². The first-order chi connectivity index (χ1) is 5.95. The molecule has 1 aliphatic carbocycles. The van der Waals surface area contributed by atoms with Crippen molar-refractivity contribution in [3.05, 3.63) is 48.3 Å². The summed E-state index contributed by atoms with van der Waals surface area (Å²) < 4.78 is 0. The predicted molar refractivity (Wildman–Crippen MR) is 50.9 cm³/mol. The number of rotatable bonds is 3. The Hall–Kier alpha value is -1.24. The molecule has 1 aromatic rings. The molecule has 0 unspecified atom stereocenters. The standard InChI is InChI=1S/C11H13N/c1-2-5-10(4-1)7-8-11-6-3-9-12-11/h1-6,9-10,12H,7-8H2. The van der Waals surface area contributed by atoms with Crippen LogP contribution in [0, 0.1) is 5.92 Å². The van der Waals surface area contributed by atoms with Crippen molar-refractivity contribution >= 4 is 0 Å². The molecule has 1 aliphatic rings. The Morgan fingerprint density at radius 3 is 2.75 bits per heavy atom. The first-order valence-electron chi connectivity index (χ1n) is 4.42. The Bertz CT molecular complexity index is 268. The van der Waals surface area contributed by atoms with Crippen LogP contribution in [-0.4, -0.2) is 4.98 Å². The summed E-state index contributed by atoms with van der Waals surface area (Å²) in [6.45, 7) is 0. The SMILES string of the molecule is C1=CC(CCc2ccc[nH]2)C=C1. The molecule has 0 atom stereocenters. The second kappa shape index (κ2) is 3.44. The van der Waals surface area contributed by atoms with Gasteiger partial charge in [0.1, 0.15) is 0 Å². The molecule has 0 saturated heterocycles. The fourth-order valence-corrected chi connectivity index (χ4v) is 1.52. The minimum Gasteiger partial charge on any atom is -0.365 e. The Morgan fingerprint density at radius 1 is 1.25 bits per heavy atom. The van der Waals surface area contributed by atoms with Crippen molar-refractivity contribution in [1.82, 2.24) is 4.98 Å². The van der Waals surface area contributed by atoms with E-state index in [-0.39, 0.29) is 0 Å². The normalized spacial score (nSPS) is 16.0. The van der Waals surface area contributed by atoms with Gasteiger partial charge in [0.2, 0.25) is 0 Å². The molecule has 2 rings (SSSR count). The van der Waals surface area contributed by atoms with Gasteiger partial charge >= 0.3 is 0 Å². The highest BCUT2D eigenvalue weighted by Crippen LogP contribution is 2.15. The third-order valence-corrected chi connectivity index (χ3v) is 2.24. The summed E-state index contributed by atoms with van der Waals surface area (Å²) in [5.41, 5.74) is 1.34. The molecule has 1 heteroatoms. The zero-order valence-corrected chi connectivity index (χ0v) is 7.03. The van der Waals surface area contributed by atoms with Crippen molar-refractivity contribution in [2.24, 2.45) is 5.92 Å². The minimum atomic E-state index is 0.660. The van der Waals surface area contributed by atoms with E-state index in [1.165, 1.54) is 12.1 Å². The van der Waals surface area contributed by atoms with Crippen LogP contribution in [0.1, 0.15) is 12.1 Å². The lowest BCUT2D eigenvalue weighted by molar-refractivity contribution is 0.706. The number of allylic oxidation sites excluding steroid dienone is 4. The Labute approximate surface area is 72.8 Å². The number of aryl methyl sites for hydroxylation is 1. The van der Waals surface area contributed by atoms with Crippen molar-refractivity contribution in [3.63, 3.8) is 0 Å². The van der Waals surface area contributed by atoms with E-state index >= 15 is 0 Å². The van der Waals surface area contributed by atoms with Crippen LogP contribution >= 0.6 is 0 Å². The molecule has 0 saturated carbocycles. The van der Waals surface area contributed by atoms with Crippen LogP contribution in [-0.2, 0) is 6.42 Å². The number of hydrogen-bond donors (Lipinski definition) is 1. The number of hydrogen-bond acceptors (Lipinski definition) is 0. The highest BCUT2D eigenvalue weighted by Gasteiger charge is 2.03. The molecule has 0 spiro atoms. The molecule has 1 nitrogen and oxygen atoms in total. The molecular weight excluding hydrogens is 146 g/mol. The molecule has 0 radical (unpaired) electrons. The van der Waals surface area contributed by atoms with Crippen LogP contribution in [0.15, 0.2) is 42.6 Å². The van der Waals surface area contributed by atoms with Gasteiger partial charge in [-0.3, -0.25) is 0 Å². The number of nitrogens with one attached hydrogen (secondary N) is 1. The average Bonchev–Trinajstić information content (AvgIpc) is 2.74. The topological polar surface area (TPSA) is 15.8 Å². The van der Waals surface area contributed by atoms with Crippen molar-refractivity contribution in [2.75, 3.05) is 0 Å². The quantitative estimate of drug-likeness (QED) is 0.698. The van der Waals surface area contributed by atoms with Gasteiger partial charge in [-0.25, -0.2) is 0 Å². The van der Waals surface area contributed by atoms with Gasteiger partial charge in [-0.1, -0.05) is 24.3 Å². The van der Waals surface area contributed by atoms with E-state index in [1.807, 2.05) is 6.20 Å². The second-order valence-corrected chi connectivity index (χ2v) is 3.17. The average molecular weight is 159 g/mol. The minimum absolute atomic E-state index is 0.660. The zero-order valence-electron chi connectivity index (χ0n) is 7.03. The second-order valence-electron chi connectivity index (χ2n) is 3.17. The maximum absolute atomic E-state index is 3.21. The molecule has 1 aromatic heterocycles. The third kappa shape index (κ3) is 1.67. The van der Waals surface area contributed by atoms with E-state index in [0.717, 1.165) is 6.42 Å². The summed E-state index contributed by atoms with van der Waals surface area (Å²) in [5.74, 6) is 0.660. The van der Waals surface area contributed by atoms with Gasteiger partial charge in [-0.15, -0.1) is 0 Å². The van der Waals surface area contributed by atoms with Crippen LogP contribution in [0.3, 0.4) is 0 Å². The lowest BCUT2D eigenvalue weighted by Gasteiger charge is -2.02. The summed E-state index contributed by atoms with van der Waals surface area (Å²) in [7, 11) is 0. The first kappa shape index (κ1) is 7.41. The predicted octanol–water partition coefficient (Wildman–Crippen LogP) is 2.69. The maximum Gasteiger partial charge on any atom is 0.0147 e. The monoisotopic (exact) mass is 159 g/mol. The fraction of sp³-hybridized carbons (Fsp3) is 0.273. The Balaban J connectivity index is 1.83. The smallest absolute Gasteiger partial charge is 0.0147 e. The molecule has 0 aliphatic heterocycles. The molecular formula is C11H13N. The molecule has 62 valence electrons. The van der Waals surface area contributed by atoms with Gasteiger partial charge in [-0.2, -0.15) is 0 Å². The van der Waals surface area contributed by atoms with Gasteiger partial charge in [0.15, 0.2) is 0 Å². The van der Waals surface area contributed by atoms with Crippen LogP contribution < -0.4 is 0 Å². The summed E-state index contributed by atoms with van der Waals surface area (Å²) >= 11 is 0. The number of aromatic amines is 1. The summed E-state index contributed by atoms with van der Waals surface area (Å²) in [5, 5.41) is 0. The lowest BCUT2D eigenvalue weighted by Crippen LogP contribution is -1.93. The summed E-state index contributed by atoms with van der Waals surface area (Å²) in [4.78, 5) is 3.21. The van der Waals surface area contributed by atoms with Crippen LogP contribution in [0.5, 0.6) is 0 Å². The zero-order chi connectivity index (χ0) is 8.23. The summed E-state index contributed by atoms with van der Waals surface area (Å²) in [6, 6.07) is 4.19. The van der Waals surface area contributed by atoms with Gasteiger partial charge in [0, 0.05) is 11.9 Å². The lowest BCUT2D eigenvalue weighted by atomic mass is 10.0. The fourth-order valence-electron chi connectivity index (χ4n) is 1.52. The van der Waals surface area contributed by atoms with Gasteiger partial charge in [0.25, 0.3) is 0 Å². The highest BCUT2D eigenvalue weighted by atomic mass is 14.7. The molecule has 0 fully saturated rings. The van der Waals surface area contributed by atoms with Crippen molar-refractivity contribution in [1.29, 1.82) is 0 Å². The highest BCUT2D eigenvalue weighted by molar-refractivity contribution is 5.18. The first-order valence-corrected chi connectivity index (χ1v) is 4.42. The van der Waals surface area contributed by atoms with Crippen LogP contribution in [0.2, 0.25) is 0 Å². The van der Waals surface area contributed by atoms with E-state index in [2.05, 4.69) is 41.4 Å². The van der Waals surface area contributed by atoms with Gasteiger partial charge < -0.3 is 4.98 Å². The van der Waals surface area contributed by atoms with Crippen molar-refractivity contribution in [3.8, 4) is 0 Å². The van der Waals surface area contributed by atoms with E-state index < -0.39 is 0 Å². The molecule has 1 N–H and O–H groups in total. The molecule has 0 bridgehead atoms. The van der Waals surface area contributed by atoms with E-state index in [0.29, 0.717) is 5.92 Å². The van der Waals surface area contributed by atoms with Crippen molar-refractivity contribution in [2.45, 2.75) is 12.8 Å².